The number of anilines is 1. The van der Waals surface area contributed by atoms with Crippen molar-refractivity contribution in [2.24, 2.45) is 16.6 Å². The van der Waals surface area contributed by atoms with Crippen molar-refractivity contribution in [3.8, 4) is 0 Å². The molecule has 0 aliphatic heterocycles. The van der Waals surface area contributed by atoms with Crippen LogP contribution in [0.3, 0.4) is 0 Å². The highest BCUT2D eigenvalue weighted by atomic mass is 19.1. The minimum absolute atomic E-state index is 0.280. The molecule has 1 unspecified atom stereocenters. The van der Waals surface area contributed by atoms with E-state index in [4.69, 9.17) is 21.8 Å². The first-order valence-corrected chi connectivity index (χ1v) is 11.9. The fraction of sp³-hybridized carbons (Fsp3) is 0.333. The van der Waals surface area contributed by atoms with Gasteiger partial charge >= 0.3 is 0 Å². The maximum Gasteiger partial charge on any atom is 0.257 e. The Morgan fingerprint density at radius 3 is 2.69 bits per heavy atom. The molecule has 0 aromatic heterocycles. The van der Waals surface area contributed by atoms with Crippen LogP contribution in [0.5, 0.6) is 0 Å². The van der Waals surface area contributed by atoms with E-state index >= 15 is 0 Å². The maximum absolute atomic E-state index is 13.2. The molecular formula is C27H36FN5O3. The van der Waals surface area contributed by atoms with Gasteiger partial charge in [0, 0.05) is 18.1 Å². The molecule has 8 nitrogen and oxygen atoms in total. The number of rotatable bonds is 12. The number of carbonyl (C=O) groups excluding carboxylic acids is 1. The number of aliphatic imine (C=N–C) groups is 1. The Kier molecular flexibility index (Phi) is 11.8. The molecule has 1 aromatic rings. The first-order chi connectivity index (χ1) is 17.2. The molecule has 0 heterocycles. The molecule has 0 bridgehead atoms. The minimum Gasteiger partial charge on any atom is -0.397 e. The van der Waals surface area contributed by atoms with Gasteiger partial charge in [-0.05, 0) is 81.9 Å². The zero-order valence-electron chi connectivity index (χ0n) is 20.8. The van der Waals surface area contributed by atoms with Crippen molar-refractivity contribution < 1.29 is 19.4 Å². The number of nitrogens with zero attached hydrogens (tertiary/aromatic N) is 2. The monoisotopic (exact) mass is 497 g/mol. The van der Waals surface area contributed by atoms with E-state index in [-0.39, 0.29) is 11.9 Å². The Balaban J connectivity index is 2.20. The normalized spacial score (nSPS) is 17.0. The van der Waals surface area contributed by atoms with Gasteiger partial charge in [-0.25, -0.2) is 10.2 Å². The highest BCUT2D eigenvalue weighted by Gasteiger charge is 2.23. The highest BCUT2D eigenvalue weighted by Crippen LogP contribution is 2.25. The summed E-state index contributed by atoms with van der Waals surface area (Å²) in [4.78, 5) is 17.5. The largest absolute Gasteiger partial charge is 0.397 e. The molecule has 36 heavy (non-hydrogen) atoms. The van der Waals surface area contributed by atoms with Crippen LogP contribution in [0.2, 0.25) is 0 Å². The summed E-state index contributed by atoms with van der Waals surface area (Å²) in [7, 11) is 0. The SMILES string of the molecule is C\C=C/C=C(C)/C(N)=C/N(N)C1C=C(N=CCCCCC(O)O)C(C(=O)Nc2ccc(F)cc2)=CC1. The Labute approximate surface area is 211 Å². The lowest BCUT2D eigenvalue weighted by molar-refractivity contribution is -0.112. The number of benzene rings is 1. The fourth-order valence-electron chi connectivity index (χ4n) is 3.36. The molecule has 1 aliphatic rings. The van der Waals surface area contributed by atoms with Gasteiger partial charge < -0.3 is 26.3 Å². The molecule has 1 atom stereocenters. The molecule has 7 N–H and O–H groups in total. The number of hydrogen-bond donors (Lipinski definition) is 5. The molecule has 9 heteroatoms. The average Bonchev–Trinajstić information content (AvgIpc) is 2.85. The van der Waals surface area contributed by atoms with E-state index in [1.165, 1.54) is 29.3 Å². The summed E-state index contributed by atoms with van der Waals surface area (Å²) in [6.45, 7) is 3.81. The lowest BCUT2D eigenvalue weighted by atomic mass is 9.98. The summed E-state index contributed by atoms with van der Waals surface area (Å²) in [5, 5.41) is 22.2. The average molecular weight is 498 g/mol. The van der Waals surface area contributed by atoms with Gasteiger partial charge in [-0.2, -0.15) is 0 Å². The summed E-state index contributed by atoms with van der Waals surface area (Å²) in [6, 6.07) is 5.24. The number of aliphatic hydroxyl groups excluding tert-OH is 1. The van der Waals surface area contributed by atoms with E-state index in [1.54, 1.807) is 18.5 Å². The van der Waals surface area contributed by atoms with Crippen LogP contribution >= 0.6 is 0 Å². The van der Waals surface area contributed by atoms with Crippen LogP contribution in [0.4, 0.5) is 10.1 Å². The Morgan fingerprint density at radius 1 is 1.31 bits per heavy atom. The van der Waals surface area contributed by atoms with Crippen LogP contribution in [0.15, 0.2) is 88.4 Å². The van der Waals surface area contributed by atoms with E-state index in [0.29, 0.717) is 48.3 Å². The van der Waals surface area contributed by atoms with Crippen molar-refractivity contribution in [1.82, 2.24) is 5.01 Å². The number of allylic oxidation sites excluding steroid dienone is 4. The van der Waals surface area contributed by atoms with Gasteiger partial charge in [0.15, 0.2) is 6.29 Å². The smallest absolute Gasteiger partial charge is 0.257 e. The van der Waals surface area contributed by atoms with Gasteiger partial charge in [0.05, 0.1) is 23.0 Å². The molecule has 2 rings (SSSR count). The van der Waals surface area contributed by atoms with Crippen molar-refractivity contribution in [3.63, 3.8) is 0 Å². The number of hydrogen-bond acceptors (Lipinski definition) is 7. The Morgan fingerprint density at radius 2 is 2.03 bits per heavy atom. The lowest BCUT2D eigenvalue weighted by Crippen LogP contribution is -2.37. The van der Waals surface area contributed by atoms with Crippen molar-refractivity contribution in [3.05, 3.63) is 89.2 Å². The molecule has 0 fully saturated rings. The summed E-state index contributed by atoms with van der Waals surface area (Å²) in [5.74, 6) is 5.53. The van der Waals surface area contributed by atoms with Crippen LogP contribution < -0.4 is 16.9 Å². The third-order valence-electron chi connectivity index (χ3n) is 5.48. The number of nitrogens with one attached hydrogen (secondary N) is 1. The molecule has 1 aliphatic carbocycles. The highest BCUT2D eigenvalue weighted by molar-refractivity contribution is 6.07. The number of aliphatic hydroxyl groups is 2. The van der Waals surface area contributed by atoms with Crippen LogP contribution in [-0.2, 0) is 4.79 Å². The molecule has 0 spiro atoms. The summed E-state index contributed by atoms with van der Waals surface area (Å²) in [5.41, 5.74) is 8.85. The number of halogens is 1. The zero-order chi connectivity index (χ0) is 26.5. The van der Waals surface area contributed by atoms with Crippen molar-refractivity contribution >= 4 is 17.8 Å². The van der Waals surface area contributed by atoms with Crippen molar-refractivity contribution in [2.75, 3.05) is 5.32 Å². The molecule has 1 amide bonds. The standard InChI is InChI=1S/C27H36FN5O3/c1-3-4-8-19(2)24(29)18-33(30)22-14-15-23(27(36)32-21-12-10-20(28)11-13-21)25(17-22)31-16-7-5-6-9-26(34)35/h3-4,8,10-13,15-18,22,26,34-35H,5-7,9,14,29-30H2,1-2H3,(H,32,36)/b4-3-,19-8+,24-18-,31-16?. The number of carbonyl (C=O) groups is 1. The van der Waals surface area contributed by atoms with Crippen molar-refractivity contribution in [2.45, 2.75) is 58.3 Å². The predicted octanol–water partition coefficient (Wildman–Crippen LogP) is 3.79. The fourth-order valence-corrected chi connectivity index (χ4v) is 3.36. The second kappa shape index (κ2) is 14.8. The third-order valence-corrected chi connectivity index (χ3v) is 5.48. The Hall–Kier alpha value is -3.53. The summed E-state index contributed by atoms with van der Waals surface area (Å²) >= 11 is 0. The maximum atomic E-state index is 13.2. The van der Waals surface area contributed by atoms with E-state index in [2.05, 4.69) is 10.3 Å². The first-order valence-electron chi connectivity index (χ1n) is 11.9. The molecule has 194 valence electrons. The summed E-state index contributed by atoms with van der Waals surface area (Å²) < 4.78 is 13.2. The topological polar surface area (TPSA) is 137 Å². The predicted molar refractivity (Wildman–Crippen MR) is 142 cm³/mol. The van der Waals surface area contributed by atoms with Crippen LogP contribution in [0.1, 0.15) is 46.0 Å². The van der Waals surface area contributed by atoms with Crippen LogP contribution in [0.25, 0.3) is 0 Å². The van der Waals surface area contributed by atoms with Gasteiger partial charge in [0.2, 0.25) is 0 Å². The minimum atomic E-state index is -1.32. The number of nitrogens with two attached hydrogens (primary N) is 2. The third kappa shape index (κ3) is 9.61. The van der Waals surface area contributed by atoms with E-state index in [0.717, 1.165) is 12.0 Å². The molecule has 0 saturated carbocycles. The second-order valence-corrected chi connectivity index (χ2v) is 8.42. The molecule has 1 aromatic carbocycles. The van der Waals surface area contributed by atoms with E-state index in [1.807, 2.05) is 38.2 Å². The number of unbranched alkanes of at least 4 members (excludes halogenated alkanes) is 2. The number of amides is 1. The van der Waals surface area contributed by atoms with Gasteiger partial charge in [0.1, 0.15) is 5.82 Å². The van der Waals surface area contributed by atoms with Gasteiger partial charge in [0.25, 0.3) is 5.91 Å². The van der Waals surface area contributed by atoms with Gasteiger partial charge in [-0.1, -0.05) is 24.3 Å². The first kappa shape index (κ1) is 28.7. The van der Waals surface area contributed by atoms with Crippen LogP contribution in [0, 0.1) is 5.82 Å². The number of hydrazine groups is 1. The molecule has 0 saturated heterocycles. The Bertz CT molecular complexity index is 1060. The lowest BCUT2D eigenvalue weighted by Gasteiger charge is -2.27. The molecule has 0 radical (unpaired) electrons. The van der Waals surface area contributed by atoms with Gasteiger partial charge in [-0.3, -0.25) is 9.79 Å². The van der Waals surface area contributed by atoms with Gasteiger partial charge in [-0.15, -0.1) is 0 Å². The quantitative estimate of drug-likeness (QED) is 0.0744. The summed E-state index contributed by atoms with van der Waals surface area (Å²) in [6.07, 6.45) is 14.0. The second-order valence-electron chi connectivity index (χ2n) is 8.42. The van der Waals surface area contributed by atoms with Crippen LogP contribution in [-0.4, -0.2) is 39.7 Å². The van der Waals surface area contributed by atoms with Crippen molar-refractivity contribution in [1.29, 1.82) is 0 Å². The van der Waals surface area contributed by atoms with E-state index in [9.17, 15) is 9.18 Å². The zero-order valence-corrected chi connectivity index (χ0v) is 20.8. The van der Waals surface area contributed by atoms with E-state index < -0.39 is 12.1 Å². The molecular weight excluding hydrogens is 461 g/mol.